The molecule has 1 atom stereocenters. The van der Waals surface area contributed by atoms with E-state index in [9.17, 15) is 9.59 Å². The number of rotatable bonds is 6. The maximum absolute atomic E-state index is 12.6. The van der Waals surface area contributed by atoms with Crippen LogP contribution in [0.2, 0.25) is 0 Å². The van der Waals surface area contributed by atoms with Gasteiger partial charge in [0.05, 0.1) is 17.4 Å². The number of hydrogen-bond donors (Lipinski definition) is 2. The van der Waals surface area contributed by atoms with E-state index in [1.807, 2.05) is 59.5 Å². The molecule has 0 spiro atoms. The van der Waals surface area contributed by atoms with Crippen molar-refractivity contribution in [3.63, 3.8) is 0 Å². The summed E-state index contributed by atoms with van der Waals surface area (Å²) in [7, 11) is 0. The summed E-state index contributed by atoms with van der Waals surface area (Å²) in [4.78, 5) is 28.9. The molecule has 9 nitrogen and oxygen atoms in total. The molecule has 3 aromatic rings. The first kappa shape index (κ1) is 23.6. The van der Waals surface area contributed by atoms with Crippen LogP contribution in [0.3, 0.4) is 0 Å². The summed E-state index contributed by atoms with van der Waals surface area (Å²) < 4.78 is 7.52. The lowest BCUT2D eigenvalue weighted by molar-refractivity contribution is -0.125. The van der Waals surface area contributed by atoms with Crippen molar-refractivity contribution in [2.24, 2.45) is 5.73 Å². The average Bonchev–Trinajstić information content (AvgIpc) is 3.13. The standard InChI is InChI=1S/C27H30N6O3/c1-2-23(34)32-16-6-15-31(17-18-32)22-13-14-29-25-24(22)30-33(26(25)27(28)35)19-9-11-21(12-10-19)36-20-7-4-3-5-8-20/h2-5,7-12,22,29H,1,6,13-18H2,(H2,28,35). The van der Waals surface area contributed by atoms with E-state index in [1.54, 1.807) is 4.68 Å². The number of aromatic nitrogens is 2. The lowest BCUT2D eigenvalue weighted by atomic mass is 10.0. The number of nitrogens with one attached hydrogen (secondary N) is 1. The molecule has 0 radical (unpaired) electrons. The minimum absolute atomic E-state index is 0.0278. The van der Waals surface area contributed by atoms with Crippen molar-refractivity contribution in [2.75, 3.05) is 38.0 Å². The first-order valence-electron chi connectivity index (χ1n) is 12.2. The second-order valence-electron chi connectivity index (χ2n) is 8.94. The Kier molecular flexibility index (Phi) is 6.73. The van der Waals surface area contributed by atoms with Crippen LogP contribution in [0.1, 0.15) is 35.1 Å². The fourth-order valence-electron chi connectivity index (χ4n) is 4.96. The van der Waals surface area contributed by atoms with Gasteiger partial charge in [0.1, 0.15) is 17.2 Å². The SMILES string of the molecule is C=CC(=O)N1CCCN(C2CCNc3c2nn(-c2ccc(Oc4ccccc4)cc2)c3C(N)=O)CC1. The molecule has 1 aromatic heterocycles. The van der Waals surface area contributed by atoms with Gasteiger partial charge in [-0.2, -0.15) is 5.10 Å². The highest BCUT2D eigenvalue weighted by Gasteiger charge is 2.34. The molecule has 3 N–H and O–H groups in total. The maximum Gasteiger partial charge on any atom is 0.269 e. The molecule has 5 rings (SSSR count). The zero-order valence-electron chi connectivity index (χ0n) is 20.1. The summed E-state index contributed by atoms with van der Waals surface area (Å²) in [5, 5.41) is 8.24. The molecular weight excluding hydrogens is 456 g/mol. The predicted octanol–water partition coefficient (Wildman–Crippen LogP) is 3.34. The minimum atomic E-state index is -0.542. The highest BCUT2D eigenvalue weighted by atomic mass is 16.5. The van der Waals surface area contributed by atoms with E-state index >= 15 is 0 Å². The van der Waals surface area contributed by atoms with E-state index in [-0.39, 0.29) is 11.9 Å². The molecule has 0 saturated carbocycles. The number of anilines is 1. The normalized spacial score (nSPS) is 18.0. The number of amides is 2. The molecule has 2 aliphatic rings. The van der Waals surface area contributed by atoms with Gasteiger partial charge in [0.25, 0.3) is 5.91 Å². The number of nitrogens with zero attached hydrogens (tertiary/aromatic N) is 4. The molecule has 2 amide bonds. The topological polar surface area (TPSA) is 106 Å². The fraction of sp³-hybridized carbons (Fsp3) is 0.296. The zero-order chi connectivity index (χ0) is 25.1. The molecular formula is C27H30N6O3. The first-order chi connectivity index (χ1) is 17.5. The second kappa shape index (κ2) is 10.2. The van der Waals surface area contributed by atoms with Crippen molar-refractivity contribution < 1.29 is 14.3 Å². The van der Waals surface area contributed by atoms with Gasteiger partial charge in [-0.25, -0.2) is 4.68 Å². The number of fused-ring (bicyclic) bond motifs is 1. The Morgan fingerprint density at radius 3 is 2.50 bits per heavy atom. The van der Waals surface area contributed by atoms with Gasteiger partial charge in [-0.1, -0.05) is 24.8 Å². The van der Waals surface area contributed by atoms with E-state index in [2.05, 4.69) is 16.8 Å². The van der Waals surface area contributed by atoms with Gasteiger partial charge in [0, 0.05) is 32.7 Å². The maximum atomic E-state index is 12.6. The molecule has 2 aromatic carbocycles. The van der Waals surface area contributed by atoms with Crippen molar-refractivity contribution in [3.05, 3.63) is 78.6 Å². The number of ether oxygens (including phenoxy) is 1. The lowest BCUT2D eigenvalue weighted by Gasteiger charge is -2.33. The third-order valence-electron chi connectivity index (χ3n) is 6.70. The summed E-state index contributed by atoms with van der Waals surface area (Å²) in [6, 6.07) is 17.0. The quantitative estimate of drug-likeness (QED) is 0.518. The molecule has 2 aliphatic heterocycles. The molecule has 1 saturated heterocycles. The van der Waals surface area contributed by atoms with Crippen LogP contribution in [0.15, 0.2) is 67.3 Å². The summed E-state index contributed by atoms with van der Waals surface area (Å²) in [5.74, 6) is 0.847. The molecule has 3 heterocycles. The van der Waals surface area contributed by atoms with E-state index in [1.165, 1.54) is 6.08 Å². The summed E-state index contributed by atoms with van der Waals surface area (Å²) >= 11 is 0. The molecule has 0 bridgehead atoms. The Labute approximate surface area is 210 Å². The Morgan fingerprint density at radius 1 is 1.03 bits per heavy atom. The average molecular weight is 487 g/mol. The van der Waals surface area contributed by atoms with Gasteiger partial charge in [0.15, 0.2) is 5.69 Å². The van der Waals surface area contributed by atoms with Crippen molar-refractivity contribution in [1.29, 1.82) is 0 Å². The molecule has 9 heteroatoms. The first-order valence-corrected chi connectivity index (χ1v) is 12.2. The highest BCUT2D eigenvalue weighted by molar-refractivity contribution is 5.98. The van der Waals surface area contributed by atoms with Crippen LogP contribution in [0.4, 0.5) is 5.69 Å². The lowest BCUT2D eigenvalue weighted by Crippen LogP contribution is -2.37. The number of hydrogen-bond acceptors (Lipinski definition) is 6. The van der Waals surface area contributed by atoms with Crippen molar-refractivity contribution >= 4 is 17.5 Å². The van der Waals surface area contributed by atoms with E-state index in [0.29, 0.717) is 36.8 Å². The van der Waals surface area contributed by atoms with Crippen molar-refractivity contribution in [3.8, 4) is 17.2 Å². The summed E-state index contributed by atoms with van der Waals surface area (Å²) in [5.41, 5.74) is 8.39. The fourth-order valence-corrected chi connectivity index (χ4v) is 4.96. The van der Waals surface area contributed by atoms with Crippen LogP contribution in [-0.2, 0) is 4.79 Å². The summed E-state index contributed by atoms with van der Waals surface area (Å²) in [6.45, 7) is 7.23. The smallest absolute Gasteiger partial charge is 0.269 e. The van der Waals surface area contributed by atoms with E-state index in [0.717, 1.165) is 43.1 Å². The largest absolute Gasteiger partial charge is 0.457 e. The van der Waals surface area contributed by atoms with Crippen LogP contribution in [0, 0.1) is 0 Å². The molecule has 36 heavy (non-hydrogen) atoms. The van der Waals surface area contributed by atoms with Crippen LogP contribution in [0.25, 0.3) is 5.69 Å². The van der Waals surface area contributed by atoms with Crippen LogP contribution < -0.4 is 15.8 Å². The van der Waals surface area contributed by atoms with Gasteiger partial charge >= 0.3 is 0 Å². The molecule has 1 fully saturated rings. The van der Waals surface area contributed by atoms with Crippen LogP contribution in [-0.4, -0.2) is 64.1 Å². The third kappa shape index (κ3) is 4.70. The number of benzene rings is 2. The van der Waals surface area contributed by atoms with Gasteiger partial charge in [-0.3, -0.25) is 14.5 Å². The zero-order valence-corrected chi connectivity index (χ0v) is 20.1. The van der Waals surface area contributed by atoms with E-state index < -0.39 is 5.91 Å². The number of nitrogens with two attached hydrogens (primary N) is 1. The van der Waals surface area contributed by atoms with Crippen molar-refractivity contribution in [2.45, 2.75) is 18.9 Å². The summed E-state index contributed by atoms with van der Waals surface area (Å²) in [6.07, 6.45) is 3.09. The van der Waals surface area contributed by atoms with Gasteiger partial charge in [0.2, 0.25) is 5.91 Å². The monoisotopic (exact) mass is 486 g/mol. The Balaban J connectivity index is 1.42. The van der Waals surface area contributed by atoms with Crippen LogP contribution >= 0.6 is 0 Å². The number of carbonyl (C=O) groups excluding carboxylic acids is 2. The Hall–Kier alpha value is -4.11. The predicted molar refractivity (Wildman–Crippen MR) is 137 cm³/mol. The van der Waals surface area contributed by atoms with Gasteiger partial charge < -0.3 is 20.7 Å². The molecule has 0 aliphatic carbocycles. The number of primary amides is 1. The van der Waals surface area contributed by atoms with Gasteiger partial charge in [-0.15, -0.1) is 0 Å². The minimum Gasteiger partial charge on any atom is -0.457 e. The van der Waals surface area contributed by atoms with Crippen molar-refractivity contribution in [1.82, 2.24) is 19.6 Å². The number of para-hydroxylation sites is 1. The Morgan fingerprint density at radius 2 is 1.78 bits per heavy atom. The highest BCUT2D eigenvalue weighted by Crippen LogP contribution is 2.37. The third-order valence-corrected chi connectivity index (χ3v) is 6.70. The molecule has 186 valence electrons. The van der Waals surface area contributed by atoms with E-state index in [4.69, 9.17) is 15.6 Å². The Bertz CT molecular complexity index is 1250. The van der Waals surface area contributed by atoms with Gasteiger partial charge in [-0.05, 0) is 55.3 Å². The van der Waals surface area contributed by atoms with Crippen LogP contribution in [0.5, 0.6) is 11.5 Å². The number of carbonyl (C=O) groups is 2. The molecule has 1 unspecified atom stereocenters. The second-order valence-corrected chi connectivity index (χ2v) is 8.94.